The number of nitrogens with zero attached hydrogens (tertiary/aromatic N) is 1. The highest BCUT2D eigenvalue weighted by molar-refractivity contribution is 5.77. The summed E-state index contributed by atoms with van der Waals surface area (Å²) in [5.74, 6) is -3.07. The van der Waals surface area contributed by atoms with Gasteiger partial charge in [0.1, 0.15) is 5.67 Å². The second-order valence-electron chi connectivity index (χ2n) is 6.54. The molecule has 0 heterocycles. The Kier molecular flexibility index (Phi) is 5.11. The zero-order valence-electron chi connectivity index (χ0n) is 12.4. The molecule has 0 aromatic heterocycles. The summed E-state index contributed by atoms with van der Waals surface area (Å²) < 4.78 is 39.5. The number of alkyl halides is 3. The average molecular weight is 295 g/mol. The van der Waals surface area contributed by atoms with Crippen molar-refractivity contribution in [3.63, 3.8) is 0 Å². The summed E-state index contributed by atoms with van der Waals surface area (Å²) in [4.78, 5) is 13.3. The maximum absolute atomic E-state index is 13.4. The first-order valence-corrected chi connectivity index (χ1v) is 6.96. The van der Waals surface area contributed by atoms with E-state index in [9.17, 15) is 23.1 Å². The number of aliphatic hydroxyl groups is 1. The van der Waals surface area contributed by atoms with Gasteiger partial charge in [0, 0.05) is 26.4 Å². The zero-order chi connectivity index (χ0) is 15.6. The van der Waals surface area contributed by atoms with Crippen molar-refractivity contribution in [2.45, 2.75) is 69.6 Å². The van der Waals surface area contributed by atoms with Gasteiger partial charge in [-0.1, -0.05) is 0 Å². The Balaban J connectivity index is 2.45. The first kappa shape index (κ1) is 17.3. The summed E-state index contributed by atoms with van der Waals surface area (Å²) in [6.45, 7) is 3.11. The van der Waals surface area contributed by atoms with Crippen molar-refractivity contribution in [1.82, 2.24) is 4.90 Å². The molecule has 1 aliphatic carbocycles. The first-order valence-electron chi connectivity index (χ1n) is 6.96. The number of carbonyl (C=O) groups excluding carboxylic acids is 1. The standard InChI is InChI=1S/C14H24F3NO2/c1-12(2,15)8-9-18(3)11(19)10-13(20)4-6-14(16,17)7-5-13/h20H,4-10H2,1-3H3. The van der Waals surface area contributed by atoms with E-state index in [0.29, 0.717) is 0 Å². The summed E-state index contributed by atoms with van der Waals surface area (Å²) in [7, 11) is 1.54. The maximum atomic E-state index is 13.4. The Labute approximate surface area is 118 Å². The van der Waals surface area contributed by atoms with Crippen LogP contribution in [0.3, 0.4) is 0 Å². The van der Waals surface area contributed by atoms with Crippen LogP contribution in [0.2, 0.25) is 0 Å². The fraction of sp³-hybridized carbons (Fsp3) is 0.929. The predicted molar refractivity (Wildman–Crippen MR) is 70.4 cm³/mol. The fourth-order valence-corrected chi connectivity index (χ4v) is 2.23. The van der Waals surface area contributed by atoms with Crippen LogP contribution in [0, 0.1) is 0 Å². The second-order valence-corrected chi connectivity index (χ2v) is 6.54. The number of carbonyl (C=O) groups is 1. The molecule has 3 nitrogen and oxygen atoms in total. The summed E-state index contributed by atoms with van der Waals surface area (Å²) in [6, 6.07) is 0. The molecule has 1 aliphatic rings. The van der Waals surface area contributed by atoms with E-state index in [1.54, 1.807) is 0 Å². The van der Waals surface area contributed by atoms with Gasteiger partial charge in [-0.05, 0) is 33.1 Å². The Bertz CT molecular complexity index is 343. The number of rotatable bonds is 5. The molecule has 0 saturated heterocycles. The second kappa shape index (κ2) is 5.92. The molecule has 1 rings (SSSR count). The van der Waals surface area contributed by atoms with E-state index in [1.165, 1.54) is 25.8 Å². The SMILES string of the molecule is CN(CCC(C)(C)F)C(=O)CC1(O)CCC(F)(F)CC1. The Hall–Kier alpha value is -0.780. The van der Waals surface area contributed by atoms with Gasteiger partial charge in [0.05, 0.1) is 12.0 Å². The molecular formula is C14H24F3NO2. The molecule has 0 bridgehead atoms. The van der Waals surface area contributed by atoms with E-state index in [4.69, 9.17) is 0 Å². The van der Waals surface area contributed by atoms with Crippen molar-refractivity contribution in [3.8, 4) is 0 Å². The largest absolute Gasteiger partial charge is 0.389 e. The lowest BCUT2D eigenvalue weighted by molar-refractivity contribution is -0.143. The van der Waals surface area contributed by atoms with Crippen molar-refractivity contribution in [2.75, 3.05) is 13.6 Å². The predicted octanol–water partition coefficient (Wildman–Crippen LogP) is 2.91. The molecule has 1 amide bonds. The van der Waals surface area contributed by atoms with E-state index in [0.717, 1.165) is 0 Å². The van der Waals surface area contributed by atoms with Crippen molar-refractivity contribution >= 4 is 5.91 Å². The van der Waals surface area contributed by atoms with Gasteiger partial charge in [0.15, 0.2) is 0 Å². The summed E-state index contributed by atoms with van der Waals surface area (Å²) >= 11 is 0. The zero-order valence-corrected chi connectivity index (χ0v) is 12.4. The molecule has 118 valence electrons. The molecule has 0 radical (unpaired) electrons. The van der Waals surface area contributed by atoms with Crippen LogP contribution in [0.25, 0.3) is 0 Å². The molecule has 1 saturated carbocycles. The molecule has 0 unspecified atom stereocenters. The third kappa shape index (κ3) is 5.69. The molecule has 20 heavy (non-hydrogen) atoms. The fourth-order valence-electron chi connectivity index (χ4n) is 2.23. The van der Waals surface area contributed by atoms with Gasteiger partial charge >= 0.3 is 0 Å². The lowest BCUT2D eigenvalue weighted by atomic mass is 9.80. The molecule has 6 heteroatoms. The van der Waals surface area contributed by atoms with E-state index in [2.05, 4.69) is 0 Å². The van der Waals surface area contributed by atoms with Gasteiger partial charge in [0.2, 0.25) is 11.8 Å². The average Bonchev–Trinajstić information content (AvgIpc) is 2.29. The third-order valence-corrected chi connectivity index (χ3v) is 3.86. The molecule has 1 fully saturated rings. The topological polar surface area (TPSA) is 40.5 Å². The van der Waals surface area contributed by atoms with Crippen LogP contribution in [-0.4, -0.2) is 46.7 Å². The van der Waals surface area contributed by atoms with Crippen LogP contribution in [0.5, 0.6) is 0 Å². The van der Waals surface area contributed by atoms with E-state index in [-0.39, 0.29) is 38.1 Å². The summed E-state index contributed by atoms with van der Waals surface area (Å²) in [6.07, 6.45) is -0.906. The van der Waals surface area contributed by atoms with Crippen molar-refractivity contribution in [2.24, 2.45) is 0 Å². The molecule has 0 aliphatic heterocycles. The highest BCUT2D eigenvalue weighted by atomic mass is 19.3. The molecule has 0 atom stereocenters. The molecule has 0 aromatic rings. The summed E-state index contributed by atoms with van der Waals surface area (Å²) in [5.41, 5.74) is -2.71. The monoisotopic (exact) mass is 295 g/mol. The van der Waals surface area contributed by atoms with Gasteiger partial charge in [0.25, 0.3) is 0 Å². The van der Waals surface area contributed by atoms with Crippen LogP contribution >= 0.6 is 0 Å². The van der Waals surface area contributed by atoms with Gasteiger partial charge in [-0.25, -0.2) is 13.2 Å². The lowest BCUT2D eigenvalue weighted by Gasteiger charge is -2.36. The molecule has 0 aromatic carbocycles. The van der Waals surface area contributed by atoms with Crippen LogP contribution in [-0.2, 0) is 4.79 Å². The van der Waals surface area contributed by atoms with Crippen LogP contribution in [0.1, 0.15) is 52.4 Å². The number of hydrogen-bond donors (Lipinski definition) is 1. The minimum absolute atomic E-state index is 0.0752. The van der Waals surface area contributed by atoms with Gasteiger partial charge in [-0.2, -0.15) is 0 Å². The highest BCUT2D eigenvalue weighted by Crippen LogP contribution is 2.40. The molecule has 0 spiro atoms. The maximum Gasteiger partial charge on any atom is 0.248 e. The Morgan fingerprint density at radius 3 is 2.20 bits per heavy atom. The third-order valence-electron chi connectivity index (χ3n) is 3.86. The molecule has 1 N–H and O–H groups in total. The minimum atomic E-state index is -2.74. The Morgan fingerprint density at radius 1 is 1.25 bits per heavy atom. The quantitative estimate of drug-likeness (QED) is 0.847. The van der Waals surface area contributed by atoms with Crippen molar-refractivity contribution in [1.29, 1.82) is 0 Å². The number of halogens is 3. The van der Waals surface area contributed by atoms with Crippen molar-refractivity contribution < 1.29 is 23.1 Å². The van der Waals surface area contributed by atoms with Crippen LogP contribution in [0.4, 0.5) is 13.2 Å². The van der Waals surface area contributed by atoms with Crippen LogP contribution < -0.4 is 0 Å². The Morgan fingerprint density at radius 2 is 1.75 bits per heavy atom. The lowest BCUT2D eigenvalue weighted by Crippen LogP contribution is -2.43. The van der Waals surface area contributed by atoms with E-state index >= 15 is 0 Å². The normalized spacial score (nSPS) is 21.6. The van der Waals surface area contributed by atoms with E-state index < -0.39 is 30.0 Å². The summed E-state index contributed by atoms with van der Waals surface area (Å²) in [5, 5.41) is 10.2. The molecular weight excluding hydrogens is 271 g/mol. The first-order chi connectivity index (χ1) is 8.93. The van der Waals surface area contributed by atoms with E-state index in [1.807, 2.05) is 0 Å². The van der Waals surface area contributed by atoms with Gasteiger partial charge in [-0.3, -0.25) is 4.79 Å². The smallest absolute Gasteiger partial charge is 0.248 e. The highest BCUT2D eigenvalue weighted by Gasteiger charge is 2.43. The van der Waals surface area contributed by atoms with Crippen LogP contribution in [0.15, 0.2) is 0 Å². The number of hydrogen-bond acceptors (Lipinski definition) is 2. The van der Waals surface area contributed by atoms with Crippen molar-refractivity contribution in [3.05, 3.63) is 0 Å². The number of amides is 1. The van der Waals surface area contributed by atoms with Gasteiger partial charge < -0.3 is 10.0 Å². The minimum Gasteiger partial charge on any atom is -0.389 e. The van der Waals surface area contributed by atoms with Gasteiger partial charge in [-0.15, -0.1) is 0 Å².